The van der Waals surface area contributed by atoms with Gasteiger partial charge in [-0.2, -0.15) is 0 Å². The van der Waals surface area contributed by atoms with Crippen LogP contribution in [-0.2, 0) is 9.53 Å². The summed E-state index contributed by atoms with van der Waals surface area (Å²) >= 11 is 0. The Kier molecular flexibility index (Phi) is 1.03. The highest BCUT2D eigenvalue weighted by atomic mass is 18.4. The molecule has 0 atom stereocenters. The molecule has 0 aromatic heterocycles. The highest BCUT2D eigenvalue weighted by Gasteiger charge is 2.30. The lowest BCUT2D eigenvalue weighted by atomic mass is 10.1. The topological polar surface area (TPSA) is 26.3 Å². The summed E-state index contributed by atoms with van der Waals surface area (Å²) in [6.07, 6.45) is 1.46. The van der Waals surface area contributed by atoms with Gasteiger partial charge in [0.25, 0.3) is 0 Å². The Balaban J connectivity index is 2.56. The summed E-state index contributed by atoms with van der Waals surface area (Å²) in [5.41, 5.74) is -0.183. The molecule has 1 saturated heterocycles. The fourth-order valence-electron chi connectivity index (χ4n) is 0.813. The van der Waals surface area contributed by atoms with Gasteiger partial charge in [0.1, 0.15) is 5.60 Å². The quantitative estimate of drug-likeness (QED) is 0.351. The summed E-state index contributed by atoms with van der Waals surface area (Å²) in [6, 6.07) is 0. The number of ether oxygens (including phenoxy) is 1. The second kappa shape index (κ2) is 1.47. The van der Waals surface area contributed by atoms with E-state index in [1.54, 1.807) is 0 Å². The predicted octanol–water partition coefficient (Wildman–Crippen LogP) is 1.10. The average Bonchev–Trinajstić information content (AvgIpc) is 1.82. The normalized spacial score (nSPS) is 25.5. The molecule has 2 heteroatoms. The third-order valence-corrected chi connectivity index (χ3v) is 1.32. The van der Waals surface area contributed by atoms with Crippen molar-refractivity contribution in [1.82, 2.24) is 0 Å². The van der Waals surface area contributed by atoms with Crippen LogP contribution >= 0.6 is 0 Å². The second-order valence-electron chi connectivity index (χ2n) is 2.73. The Morgan fingerprint density at radius 2 is 2.25 bits per heavy atom. The van der Waals surface area contributed by atoms with E-state index in [4.69, 9.17) is 4.74 Å². The summed E-state index contributed by atoms with van der Waals surface area (Å²) in [4.78, 5) is 10.4. The molecule has 0 aliphatic carbocycles. The van der Waals surface area contributed by atoms with Gasteiger partial charge < -0.3 is 4.74 Å². The van der Waals surface area contributed by atoms with Crippen LogP contribution in [0, 0.1) is 0 Å². The summed E-state index contributed by atoms with van der Waals surface area (Å²) in [5.74, 6) is -0.0602. The highest BCUT2D eigenvalue weighted by molar-refractivity contribution is 5.72. The van der Waals surface area contributed by atoms with Gasteiger partial charge in [-0.15, -0.1) is 0 Å². The first-order chi connectivity index (χ1) is 3.60. The number of carbonyl (C=O) groups excluding carboxylic acids is 1. The molecule has 8 heavy (non-hydrogen) atoms. The van der Waals surface area contributed by atoms with Crippen LogP contribution in [0.2, 0.25) is 0 Å². The molecule has 0 aromatic rings. The maximum atomic E-state index is 10.4. The molecule has 0 radical (unpaired) electrons. The van der Waals surface area contributed by atoms with Crippen molar-refractivity contribution >= 4 is 5.97 Å². The van der Waals surface area contributed by atoms with Gasteiger partial charge in [0.05, 0.1) is 0 Å². The Hall–Kier alpha value is -0.530. The minimum Gasteiger partial charge on any atom is -0.460 e. The monoisotopic (exact) mass is 118 g/mol. The molecule has 1 fully saturated rings. The van der Waals surface area contributed by atoms with Crippen LogP contribution in [0.4, 0.5) is 0 Å². The maximum absolute atomic E-state index is 10.4. The Labute approximate surface area is 48.8 Å². The van der Waals surface area contributed by atoms with Gasteiger partial charge in [0.2, 0.25) is 0 Å². The maximum Gasteiger partial charge on any atom is 0.306 e. The first kappa shape index (κ1) is 5.60. The van der Waals surface area contributed by atoms with E-state index >= 15 is 0 Å². The third kappa shape index (κ3) is 0.997. The molecule has 1 aliphatic rings. The molecular formula is C6H10O2. The van der Waals surface area contributed by atoms with Crippen molar-refractivity contribution in [2.24, 2.45) is 0 Å². The van der Waals surface area contributed by atoms with E-state index in [9.17, 15) is 4.79 Å². The number of hydrogen-bond acceptors (Lipinski definition) is 2. The van der Waals surface area contributed by atoms with Crippen molar-refractivity contribution in [3.63, 3.8) is 0 Å². The lowest BCUT2D eigenvalue weighted by Crippen LogP contribution is -2.17. The summed E-state index contributed by atoms with van der Waals surface area (Å²) < 4.78 is 4.91. The van der Waals surface area contributed by atoms with E-state index in [1.165, 1.54) is 0 Å². The van der Waals surface area contributed by atoms with Crippen LogP contribution in [-0.4, -0.2) is 11.6 Å². The zero-order valence-corrected chi connectivity index (χ0v) is 5.23. The smallest absolute Gasteiger partial charge is 0.306 e. The van der Waals surface area contributed by atoms with Crippen molar-refractivity contribution in [1.29, 1.82) is 0 Å². The number of carbonyl (C=O) groups is 1. The molecule has 46 valence electrons. The molecule has 0 saturated carbocycles. The fraction of sp³-hybridized carbons (Fsp3) is 0.833. The number of cyclic esters (lactones) is 1. The molecular weight excluding hydrogens is 108 g/mol. The van der Waals surface area contributed by atoms with Crippen LogP contribution in [0.15, 0.2) is 0 Å². The van der Waals surface area contributed by atoms with E-state index in [1.807, 2.05) is 13.8 Å². The van der Waals surface area contributed by atoms with Crippen molar-refractivity contribution in [2.45, 2.75) is 32.3 Å². The standard InChI is InChI=1S/C6H10O2/c1-6(2)4-3-5(7)8-6/h3-4H2,1-2H3/i7+2,8+2. The molecule has 0 spiro atoms. The summed E-state index contributed by atoms with van der Waals surface area (Å²) in [6.45, 7) is 3.86. The van der Waals surface area contributed by atoms with Gasteiger partial charge in [0.15, 0.2) is 0 Å². The minimum absolute atomic E-state index is 0.0602. The zero-order chi connectivity index (χ0) is 6.20. The Morgan fingerprint density at radius 1 is 1.62 bits per heavy atom. The molecule has 1 rings (SSSR count). The molecule has 1 heterocycles. The summed E-state index contributed by atoms with van der Waals surface area (Å²) in [5, 5.41) is 0. The molecule has 0 aromatic carbocycles. The number of rotatable bonds is 0. The van der Waals surface area contributed by atoms with Gasteiger partial charge in [-0.1, -0.05) is 0 Å². The van der Waals surface area contributed by atoms with Crippen molar-refractivity contribution < 1.29 is 9.53 Å². The van der Waals surface area contributed by atoms with Gasteiger partial charge in [-0.25, -0.2) is 0 Å². The first-order valence-corrected chi connectivity index (χ1v) is 2.82. The van der Waals surface area contributed by atoms with Crippen molar-refractivity contribution in [3.05, 3.63) is 0 Å². The van der Waals surface area contributed by atoms with E-state index < -0.39 is 0 Å². The van der Waals surface area contributed by atoms with Gasteiger partial charge >= 0.3 is 5.97 Å². The lowest BCUT2D eigenvalue weighted by Gasteiger charge is -2.14. The Morgan fingerprint density at radius 3 is 2.38 bits per heavy atom. The highest BCUT2D eigenvalue weighted by Crippen LogP contribution is 2.24. The minimum atomic E-state index is -0.183. The second-order valence-corrected chi connectivity index (χ2v) is 2.73. The predicted molar refractivity (Wildman–Crippen MR) is 29.4 cm³/mol. The molecule has 0 bridgehead atoms. The molecule has 0 N–H and O–H groups in total. The van der Waals surface area contributed by atoms with Crippen LogP contribution < -0.4 is 0 Å². The van der Waals surface area contributed by atoms with E-state index in [0.717, 1.165) is 6.42 Å². The molecule has 2 nitrogen and oxygen atoms in total. The van der Waals surface area contributed by atoms with Gasteiger partial charge in [-0.3, -0.25) is 4.79 Å². The zero-order valence-electron chi connectivity index (χ0n) is 5.23. The fourth-order valence-corrected chi connectivity index (χ4v) is 0.813. The average molecular weight is 118 g/mol. The van der Waals surface area contributed by atoms with Crippen molar-refractivity contribution in [2.75, 3.05) is 0 Å². The van der Waals surface area contributed by atoms with Crippen LogP contribution in [0.3, 0.4) is 0 Å². The first-order valence-electron chi connectivity index (χ1n) is 2.82. The largest absolute Gasteiger partial charge is 0.460 e. The van der Waals surface area contributed by atoms with E-state index in [2.05, 4.69) is 0 Å². The third-order valence-electron chi connectivity index (χ3n) is 1.32. The van der Waals surface area contributed by atoms with E-state index in [0.29, 0.717) is 6.42 Å². The summed E-state index contributed by atoms with van der Waals surface area (Å²) in [7, 11) is 0. The van der Waals surface area contributed by atoms with Gasteiger partial charge in [0, 0.05) is 6.42 Å². The lowest BCUT2D eigenvalue weighted by molar-refractivity contribution is -0.145. The Bertz CT molecular complexity index is 116. The van der Waals surface area contributed by atoms with Gasteiger partial charge in [-0.05, 0) is 20.3 Å². The molecule has 0 amide bonds. The number of esters is 1. The van der Waals surface area contributed by atoms with Crippen molar-refractivity contribution in [3.8, 4) is 0 Å². The van der Waals surface area contributed by atoms with Crippen LogP contribution in [0.1, 0.15) is 26.7 Å². The SMILES string of the molecule is CC1(C)CCC(=[18O])[18O]1. The molecule has 0 unspecified atom stereocenters. The van der Waals surface area contributed by atoms with Crippen LogP contribution in [0.25, 0.3) is 0 Å². The van der Waals surface area contributed by atoms with E-state index in [-0.39, 0.29) is 11.6 Å². The van der Waals surface area contributed by atoms with Crippen LogP contribution in [0.5, 0.6) is 0 Å². The molecule has 1 aliphatic heterocycles. The number of hydrogen-bond donors (Lipinski definition) is 0.